The summed E-state index contributed by atoms with van der Waals surface area (Å²) >= 11 is 0. The van der Waals surface area contributed by atoms with Crippen LogP contribution in [0.4, 0.5) is 15.9 Å². The molecule has 158 valence electrons. The number of halogens is 1. The SMILES string of the molecule is O=C(C1CC1)N1CCCC[C@H]1c1nc(Nc2cccc(F)c2)cc(-c2cccnc2)n1. The van der Waals surface area contributed by atoms with Crippen molar-refractivity contribution in [2.75, 3.05) is 11.9 Å². The molecule has 6 nitrogen and oxygen atoms in total. The highest BCUT2D eigenvalue weighted by atomic mass is 19.1. The van der Waals surface area contributed by atoms with Gasteiger partial charge in [-0.2, -0.15) is 0 Å². The van der Waals surface area contributed by atoms with Crippen LogP contribution in [0, 0.1) is 11.7 Å². The van der Waals surface area contributed by atoms with Crippen molar-refractivity contribution in [1.29, 1.82) is 0 Å². The van der Waals surface area contributed by atoms with Crippen LogP contribution in [0.25, 0.3) is 11.3 Å². The molecule has 1 aliphatic carbocycles. The maximum absolute atomic E-state index is 13.7. The normalized spacial score (nSPS) is 18.6. The first-order chi connectivity index (χ1) is 15.2. The largest absolute Gasteiger partial charge is 0.340 e. The third-order valence-corrected chi connectivity index (χ3v) is 5.81. The molecule has 31 heavy (non-hydrogen) atoms. The lowest BCUT2D eigenvalue weighted by Crippen LogP contribution is -2.40. The lowest BCUT2D eigenvalue weighted by atomic mass is 10.00. The van der Waals surface area contributed by atoms with Gasteiger partial charge in [-0.25, -0.2) is 14.4 Å². The summed E-state index contributed by atoms with van der Waals surface area (Å²) < 4.78 is 13.7. The van der Waals surface area contributed by atoms with Gasteiger partial charge in [0.1, 0.15) is 11.6 Å². The van der Waals surface area contributed by atoms with E-state index >= 15 is 0 Å². The molecule has 3 aromatic rings. The van der Waals surface area contributed by atoms with Crippen LogP contribution in [0.2, 0.25) is 0 Å². The van der Waals surface area contributed by atoms with Crippen molar-refractivity contribution in [3.63, 3.8) is 0 Å². The number of amides is 1. The second-order valence-corrected chi connectivity index (χ2v) is 8.19. The van der Waals surface area contributed by atoms with E-state index in [2.05, 4.69) is 10.3 Å². The number of benzene rings is 1. The van der Waals surface area contributed by atoms with Gasteiger partial charge in [0, 0.05) is 42.2 Å². The summed E-state index contributed by atoms with van der Waals surface area (Å²) in [6.07, 6.45) is 8.31. The fraction of sp³-hybridized carbons (Fsp3) is 0.333. The molecule has 0 bridgehead atoms. The van der Waals surface area contributed by atoms with E-state index in [1.165, 1.54) is 12.1 Å². The maximum atomic E-state index is 13.7. The predicted octanol–water partition coefficient (Wildman–Crippen LogP) is 4.88. The number of pyridine rings is 1. The number of likely N-dealkylation sites (tertiary alicyclic amines) is 1. The Bertz CT molecular complexity index is 1090. The van der Waals surface area contributed by atoms with Crippen molar-refractivity contribution in [3.8, 4) is 11.3 Å². The molecule has 0 radical (unpaired) electrons. The zero-order valence-corrected chi connectivity index (χ0v) is 17.2. The van der Waals surface area contributed by atoms with Gasteiger partial charge in [0.2, 0.25) is 5.91 Å². The van der Waals surface area contributed by atoms with Gasteiger partial charge in [-0.1, -0.05) is 6.07 Å². The van der Waals surface area contributed by atoms with Crippen molar-refractivity contribution in [2.24, 2.45) is 5.92 Å². The lowest BCUT2D eigenvalue weighted by molar-refractivity contribution is -0.136. The third-order valence-electron chi connectivity index (χ3n) is 5.81. The first kappa shape index (κ1) is 19.6. The molecular weight excluding hydrogens is 393 g/mol. The van der Waals surface area contributed by atoms with E-state index in [9.17, 15) is 9.18 Å². The van der Waals surface area contributed by atoms with Crippen LogP contribution < -0.4 is 5.32 Å². The minimum atomic E-state index is -0.319. The average molecular weight is 417 g/mol. The van der Waals surface area contributed by atoms with Crippen LogP contribution in [-0.2, 0) is 4.79 Å². The number of hydrogen-bond donors (Lipinski definition) is 1. The first-order valence-corrected chi connectivity index (χ1v) is 10.8. The molecule has 0 spiro atoms. The standard InChI is InChI=1S/C24H24FN5O/c25-18-6-3-7-19(13-18)27-22-14-20(17-5-4-11-26-15-17)28-23(29-22)21-8-1-2-12-30(21)24(31)16-9-10-16/h3-7,11,13-16,21H,1-2,8-10,12H2,(H,27,28,29)/t21-/m0/s1. The number of hydrogen-bond acceptors (Lipinski definition) is 5. The Hall–Kier alpha value is -3.35. The van der Waals surface area contributed by atoms with Gasteiger partial charge in [0.15, 0.2) is 5.82 Å². The van der Waals surface area contributed by atoms with Crippen LogP contribution in [0.15, 0.2) is 54.9 Å². The molecule has 5 rings (SSSR count). The first-order valence-electron chi connectivity index (χ1n) is 10.8. The Morgan fingerprint density at radius 2 is 1.97 bits per heavy atom. The average Bonchev–Trinajstić information content (AvgIpc) is 3.65. The molecule has 2 fully saturated rings. The molecule has 1 saturated heterocycles. The smallest absolute Gasteiger partial charge is 0.226 e. The monoisotopic (exact) mass is 417 g/mol. The molecule has 1 amide bonds. The predicted molar refractivity (Wildman–Crippen MR) is 116 cm³/mol. The van der Waals surface area contributed by atoms with Crippen molar-refractivity contribution in [3.05, 3.63) is 66.5 Å². The number of nitrogens with zero attached hydrogens (tertiary/aromatic N) is 4. The molecule has 1 aliphatic heterocycles. The highest BCUT2D eigenvalue weighted by molar-refractivity contribution is 5.81. The van der Waals surface area contributed by atoms with E-state index in [1.54, 1.807) is 24.5 Å². The lowest BCUT2D eigenvalue weighted by Gasteiger charge is -2.35. The van der Waals surface area contributed by atoms with E-state index in [0.29, 0.717) is 17.3 Å². The minimum absolute atomic E-state index is 0.147. The summed E-state index contributed by atoms with van der Waals surface area (Å²) in [5, 5.41) is 3.20. The Morgan fingerprint density at radius 1 is 1.06 bits per heavy atom. The van der Waals surface area contributed by atoms with Gasteiger partial charge >= 0.3 is 0 Å². The number of piperidine rings is 1. The van der Waals surface area contributed by atoms with E-state index < -0.39 is 0 Å². The number of carbonyl (C=O) groups excluding carboxylic acids is 1. The number of carbonyl (C=O) groups is 1. The van der Waals surface area contributed by atoms with Gasteiger partial charge in [0.05, 0.1) is 11.7 Å². The topological polar surface area (TPSA) is 71.0 Å². The highest BCUT2D eigenvalue weighted by Gasteiger charge is 2.38. The summed E-state index contributed by atoms with van der Waals surface area (Å²) in [5.74, 6) is 1.25. The second kappa shape index (κ2) is 8.41. The molecule has 7 heteroatoms. The zero-order valence-electron chi connectivity index (χ0n) is 17.2. The molecular formula is C24H24FN5O. The zero-order chi connectivity index (χ0) is 21.2. The molecule has 2 aliphatic rings. The summed E-state index contributed by atoms with van der Waals surface area (Å²) in [6, 6.07) is 11.8. The van der Waals surface area contributed by atoms with E-state index in [-0.39, 0.29) is 23.7 Å². The van der Waals surface area contributed by atoms with Crippen molar-refractivity contribution in [2.45, 2.75) is 38.1 Å². The van der Waals surface area contributed by atoms with Crippen LogP contribution in [0.3, 0.4) is 0 Å². The van der Waals surface area contributed by atoms with Crippen LogP contribution >= 0.6 is 0 Å². The fourth-order valence-electron chi connectivity index (χ4n) is 4.08. The molecule has 1 saturated carbocycles. The summed E-state index contributed by atoms with van der Waals surface area (Å²) in [5.41, 5.74) is 2.20. The summed E-state index contributed by atoms with van der Waals surface area (Å²) in [7, 11) is 0. The van der Waals surface area contributed by atoms with Crippen molar-refractivity contribution < 1.29 is 9.18 Å². The van der Waals surface area contributed by atoms with Gasteiger partial charge < -0.3 is 10.2 Å². The Morgan fingerprint density at radius 3 is 2.74 bits per heavy atom. The Kier molecular flexibility index (Phi) is 5.32. The Labute approximate surface area is 180 Å². The third kappa shape index (κ3) is 4.40. The molecule has 1 aromatic carbocycles. The quantitative estimate of drug-likeness (QED) is 0.640. The second-order valence-electron chi connectivity index (χ2n) is 8.19. The van der Waals surface area contributed by atoms with E-state index in [1.807, 2.05) is 23.1 Å². The maximum Gasteiger partial charge on any atom is 0.226 e. The van der Waals surface area contributed by atoms with Gasteiger partial charge in [0.25, 0.3) is 0 Å². The minimum Gasteiger partial charge on any atom is -0.340 e. The van der Waals surface area contributed by atoms with Gasteiger partial charge in [-0.15, -0.1) is 0 Å². The van der Waals surface area contributed by atoms with Crippen LogP contribution in [0.1, 0.15) is 44.0 Å². The van der Waals surface area contributed by atoms with Gasteiger partial charge in [-0.05, 0) is 62.4 Å². The molecule has 3 heterocycles. The highest BCUT2D eigenvalue weighted by Crippen LogP contribution is 2.38. The summed E-state index contributed by atoms with van der Waals surface area (Å²) in [6.45, 7) is 0.743. The van der Waals surface area contributed by atoms with E-state index in [4.69, 9.17) is 9.97 Å². The molecule has 0 unspecified atom stereocenters. The molecule has 1 atom stereocenters. The number of rotatable bonds is 5. The summed E-state index contributed by atoms with van der Waals surface area (Å²) in [4.78, 5) is 28.7. The van der Waals surface area contributed by atoms with E-state index in [0.717, 1.165) is 49.9 Å². The number of nitrogens with one attached hydrogen (secondary N) is 1. The molecule has 1 N–H and O–H groups in total. The fourth-order valence-corrected chi connectivity index (χ4v) is 4.08. The van der Waals surface area contributed by atoms with Crippen LogP contribution in [-0.4, -0.2) is 32.3 Å². The van der Waals surface area contributed by atoms with Gasteiger partial charge in [-0.3, -0.25) is 9.78 Å². The number of aromatic nitrogens is 3. The van der Waals surface area contributed by atoms with Crippen LogP contribution in [0.5, 0.6) is 0 Å². The Balaban J connectivity index is 1.54. The van der Waals surface area contributed by atoms with Crippen molar-refractivity contribution >= 4 is 17.4 Å². The van der Waals surface area contributed by atoms with Crippen molar-refractivity contribution in [1.82, 2.24) is 19.9 Å². The molecule has 2 aromatic heterocycles. The number of anilines is 2.